The van der Waals surface area contributed by atoms with E-state index in [1.54, 1.807) is 44.1 Å². The van der Waals surface area contributed by atoms with Gasteiger partial charge in [-0.3, -0.25) is 4.79 Å². The first-order valence-corrected chi connectivity index (χ1v) is 20.4. The molecule has 0 radical (unpaired) electrons. The molecular formula is C41H52FN5O9S. The highest BCUT2D eigenvalue weighted by Gasteiger charge is 2.30. The van der Waals surface area contributed by atoms with E-state index in [1.165, 1.54) is 23.5 Å². The molecule has 2 N–H and O–H groups in total. The van der Waals surface area contributed by atoms with Crippen molar-refractivity contribution in [2.45, 2.75) is 83.1 Å². The standard InChI is InChI=1S/C41H52FN5O9S/c1-27(25-53-26-31-10-15-34(52-6)16-11-31)47-21-20-35(24-46(5)57(50,51)36-17-12-32(42)13-18-36)54-22-8-7-9-28(2)55-38-19-14-33(23-37(38)40(47)48)43-41(49)44-39-29(3)45-56-30(39)4/h10-19,23,27-28,35H,7-9,20-22,24-26H2,1-6H3,(H2,43,44,49)/t27-,28-,35+/m0/s1. The van der Waals surface area contributed by atoms with Crippen LogP contribution >= 0.6 is 0 Å². The molecule has 0 spiro atoms. The molecule has 3 amide bonds. The maximum absolute atomic E-state index is 14.8. The number of fused-ring (bicyclic) bond motifs is 1. The summed E-state index contributed by atoms with van der Waals surface area (Å²) < 4.78 is 71.0. The molecule has 14 nitrogen and oxygen atoms in total. The third-order valence-corrected chi connectivity index (χ3v) is 11.5. The average Bonchev–Trinajstić information content (AvgIpc) is 3.50. The van der Waals surface area contributed by atoms with Gasteiger partial charge in [0, 0.05) is 32.4 Å². The Labute approximate surface area is 333 Å². The maximum atomic E-state index is 14.8. The van der Waals surface area contributed by atoms with Crippen molar-refractivity contribution in [3.63, 3.8) is 0 Å². The number of hydrogen-bond donors (Lipinski definition) is 2. The molecule has 0 saturated heterocycles. The first kappa shape index (κ1) is 43.1. The molecule has 0 aliphatic carbocycles. The van der Waals surface area contributed by atoms with Crippen LogP contribution in [0.3, 0.4) is 0 Å². The molecule has 5 rings (SSSR count). The summed E-state index contributed by atoms with van der Waals surface area (Å²) in [6, 6.07) is 16.1. The molecule has 4 aromatic rings. The highest BCUT2D eigenvalue weighted by molar-refractivity contribution is 7.89. The van der Waals surface area contributed by atoms with E-state index in [9.17, 15) is 22.4 Å². The quantitative estimate of drug-likeness (QED) is 0.150. The number of halogens is 1. The van der Waals surface area contributed by atoms with Crippen molar-refractivity contribution >= 4 is 33.3 Å². The Bertz CT molecular complexity index is 2040. The molecule has 2 heterocycles. The topological polar surface area (TPSA) is 162 Å². The molecule has 3 atom stereocenters. The van der Waals surface area contributed by atoms with Crippen LogP contribution in [0.5, 0.6) is 11.5 Å². The third-order valence-electron chi connectivity index (χ3n) is 9.68. The molecule has 1 aliphatic heterocycles. The average molecular weight is 810 g/mol. The lowest BCUT2D eigenvalue weighted by Gasteiger charge is -2.33. The van der Waals surface area contributed by atoms with Crippen LogP contribution in [0.15, 0.2) is 76.1 Å². The van der Waals surface area contributed by atoms with Gasteiger partial charge in [-0.2, -0.15) is 4.31 Å². The Balaban J connectivity index is 1.42. The number of carbonyl (C=O) groups excluding carboxylic acids is 2. The van der Waals surface area contributed by atoms with Crippen molar-refractivity contribution in [3.05, 3.63) is 95.1 Å². The van der Waals surface area contributed by atoms with Gasteiger partial charge >= 0.3 is 6.03 Å². The lowest BCUT2D eigenvalue weighted by atomic mass is 10.1. The van der Waals surface area contributed by atoms with Crippen LogP contribution in [0, 0.1) is 19.7 Å². The molecular weight excluding hydrogens is 758 g/mol. The Morgan fingerprint density at radius 1 is 1.05 bits per heavy atom. The van der Waals surface area contributed by atoms with Crippen LogP contribution in [0.4, 0.5) is 20.6 Å². The Hall–Kier alpha value is -5.03. The van der Waals surface area contributed by atoms with Gasteiger partial charge < -0.3 is 39.0 Å². The SMILES string of the molecule is COc1ccc(COC[C@H](C)N2CC[C@H](CN(C)S(=O)(=O)c3ccc(F)cc3)OCCCC[C@H](C)Oc3ccc(NC(=O)Nc4c(C)noc4C)cc3C2=O)cc1. The highest BCUT2D eigenvalue weighted by atomic mass is 32.2. The number of carbonyl (C=O) groups is 2. The van der Waals surface area contributed by atoms with E-state index < -0.39 is 34.0 Å². The number of benzene rings is 3. The number of sulfonamides is 1. The van der Waals surface area contributed by atoms with E-state index in [4.69, 9.17) is 23.5 Å². The van der Waals surface area contributed by atoms with Crippen LogP contribution in [0.1, 0.15) is 66.9 Å². The molecule has 0 bridgehead atoms. The van der Waals surface area contributed by atoms with Gasteiger partial charge in [0.05, 0.1) is 49.0 Å². The van der Waals surface area contributed by atoms with Crippen molar-refractivity contribution in [2.24, 2.45) is 0 Å². The van der Waals surface area contributed by atoms with Gasteiger partial charge in [-0.15, -0.1) is 0 Å². The molecule has 1 aliphatic rings. The van der Waals surface area contributed by atoms with E-state index in [2.05, 4.69) is 15.8 Å². The zero-order chi connectivity index (χ0) is 41.1. The van der Waals surface area contributed by atoms with Gasteiger partial charge in [-0.1, -0.05) is 17.3 Å². The van der Waals surface area contributed by atoms with E-state index in [0.29, 0.717) is 54.6 Å². The van der Waals surface area contributed by atoms with Gasteiger partial charge in [0.15, 0.2) is 5.76 Å². The minimum atomic E-state index is -3.97. The molecule has 1 aromatic heterocycles. The Kier molecular flexibility index (Phi) is 15.0. The summed E-state index contributed by atoms with van der Waals surface area (Å²) in [7, 11) is -0.915. The number of urea groups is 1. The smallest absolute Gasteiger partial charge is 0.323 e. The van der Waals surface area contributed by atoms with Gasteiger partial charge in [0.25, 0.3) is 5.91 Å². The third kappa shape index (κ3) is 11.8. The minimum Gasteiger partial charge on any atom is -0.497 e. The number of aromatic nitrogens is 1. The summed E-state index contributed by atoms with van der Waals surface area (Å²) in [4.78, 5) is 29.5. The van der Waals surface area contributed by atoms with Crippen LogP contribution in [0.25, 0.3) is 0 Å². The van der Waals surface area contributed by atoms with Gasteiger partial charge in [0.2, 0.25) is 10.0 Å². The fourth-order valence-electron chi connectivity index (χ4n) is 6.39. The van der Waals surface area contributed by atoms with E-state index in [-0.39, 0.29) is 48.6 Å². The second-order valence-electron chi connectivity index (χ2n) is 14.1. The second-order valence-corrected chi connectivity index (χ2v) is 16.2. The van der Waals surface area contributed by atoms with Gasteiger partial charge in [-0.05, 0) is 114 Å². The zero-order valence-corrected chi connectivity index (χ0v) is 34.1. The van der Waals surface area contributed by atoms with Crippen LogP contribution in [-0.2, 0) is 26.1 Å². The molecule has 3 aromatic carbocycles. The summed E-state index contributed by atoms with van der Waals surface area (Å²) in [5, 5.41) is 9.44. The van der Waals surface area contributed by atoms with Crippen molar-refractivity contribution in [2.75, 3.05) is 51.1 Å². The second kappa shape index (κ2) is 19.9. The number of amides is 3. The van der Waals surface area contributed by atoms with E-state index in [0.717, 1.165) is 29.9 Å². The number of nitrogens with one attached hydrogen (secondary N) is 2. The fourth-order valence-corrected chi connectivity index (χ4v) is 7.59. The number of nitrogens with zero attached hydrogens (tertiary/aromatic N) is 3. The number of ether oxygens (including phenoxy) is 4. The van der Waals surface area contributed by atoms with E-state index >= 15 is 0 Å². The van der Waals surface area contributed by atoms with Crippen LogP contribution in [-0.4, -0.2) is 93.4 Å². The van der Waals surface area contributed by atoms with Gasteiger partial charge in [0.1, 0.15) is 28.7 Å². The number of rotatable bonds is 12. The summed E-state index contributed by atoms with van der Waals surface area (Å²) in [5.74, 6) is 0.611. The van der Waals surface area contributed by atoms with Crippen molar-refractivity contribution in [1.82, 2.24) is 14.4 Å². The summed E-state index contributed by atoms with van der Waals surface area (Å²) in [6.45, 7) is 8.20. The van der Waals surface area contributed by atoms with Crippen LogP contribution in [0.2, 0.25) is 0 Å². The normalized spacial score (nSPS) is 17.6. The van der Waals surface area contributed by atoms with Crippen molar-refractivity contribution in [1.29, 1.82) is 0 Å². The maximum Gasteiger partial charge on any atom is 0.323 e. The largest absolute Gasteiger partial charge is 0.497 e. The first-order chi connectivity index (χ1) is 27.2. The predicted octanol–water partition coefficient (Wildman–Crippen LogP) is 7.18. The van der Waals surface area contributed by atoms with Crippen LogP contribution < -0.4 is 20.1 Å². The lowest BCUT2D eigenvalue weighted by Crippen LogP contribution is -2.44. The molecule has 0 fully saturated rings. The summed E-state index contributed by atoms with van der Waals surface area (Å²) in [6.07, 6.45) is 1.55. The molecule has 0 unspecified atom stereocenters. The summed E-state index contributed by atoms with van der Waals surface area (Å²) >= 11 is 0. The molecule has 57 heavy (non-hydrogen) atoms. The fraction of sp³-hybridized carbons (Fsp3) is 0.439. The molecule has 308 valence electrons. The molecule has 0 saturated carbocycles. The number of likely N-dealkylation sites (N-methyl/N-ethyl adjacent to an activating group) is 1. The number of methoxy groups -OCH3 is 1. The first-order valence-electron chi connectivity index (χ1n) is 18.9. The predicted molar refractivity (Wildman–Crippen MR) is 213 cm³/mol. The van der Waals surface area contributed by atoms with E-state index in [1.807, 2.05) is 38.1 Å². The minimum absolute atomic E-state index is 0.00545. The zero-order valence-electron chi connectivity index (χ0n) is 33.2. The summed E-state index contributed by atoms with van der Waals surface area (Å²) in [5.41, 5.74) is 2.46. The number of hydrogen-bond acceptors (Lipinski definition) is 10. The Morgan fingerprint density at radius 2 is 1.79 bits per heavy atom. The highest BCUT2D eigenvalue weighted by Crippen LogP contribution is 2.29. The number of anilines is 2. The lowest BCUT2D eigenvalue weighted by molar-refractivity contribution is 0.0147. The van der Waals surface area contributed by atoms with Gasteiger partial charge in [-0.25, -0.2) is 17.6 Å². The van der Waals surface area contributed by atoms with Crippen molar-refractivity contribution < 1.29 is 45.9 Å². The monoisotopic (exact) mass is 809 g/mol. The molecule has 16 heteroatoms. The Morgan fingerprint density at radius 3 is 2.47 bits per heavy atom. The number of aryl methyl sites for hydroxylation is 2. The van der Waals surface area contributed by atoms with Crippen molar-refractivity contribution in [3.8, 4) is 11.5 Å².